The molecule has 0 radical (unpaired) electrons. The largest absolute Gasteiger partial charge is 0.494 e. The highest BCUT2D eigenvalue weighted by molar-refractivity contribution is 5.92. The van der Waals surface area contributed by atoms with Crippen molar-refractivity contribution in [3.63, 3.8) is 0 Å². The van der Waals surface area contributed by atoms with Crippen molar-refractivity contribution in [1.29, 1.82) is 0 Å². The number of carbonyl (C=O) groups is 2. The molecular formula is C53H58F2O10. The zero-order valence-electron chi connectivity index (χ0n) is 37.5. The van der Waals surface area contributed by atoms with E-state index in [0.717, 1.165) is 89.3 Å². The van der Waals surface area contributed by atoms with Crippen molar-refractivity contribution in [1.82, 2.24) is 0 Å². The minimum Gasteiger partial charge on any atom is -0.494 e. The average Bonchev–Trinajstić information content (AvgIpc) is 3.29. The topological polar surface area (TPSA) is 108 Å². The number of benzene rings is 5. The van der Waals surface area contributed by atoms with E-state index in [1.165, 1.54) is 24.3 Å². The van der Waals surface area contributed by atoms with Crippen molar-refractivity contribution in [3.05, 3.63) is 131 Å². The summed E-state index contributed by atoms with van der Waals surface area (Å²) in [6.45, 7) is 13.1. The molecule has 0 spiro atoms. The number of carbonyl (C=O) groups excluding carboxylic acids is 2. The standard InChI is InChI=1S/C53H58F2O10/c1-4-52(33-60-34-52)31-58-24-6-8-26-62-43-17-10-38(11-18-43)50(56)64-48-22-15-41(29-46(48)54)40-14-21-45(37(3)28-40)42-16-23-49(47(55)30-42)65-51(57)39-12-19-44(20-13-39)63-27-9-7-25-59-32-53(5-2)35-61-36-53/h10-23,28-30H,4-9,24-27,31-36H2,1-3H3. The van der Waals surface area contributed by atoms with Crippen LogP contribution in [0.1, 0.15) is 78.7 Å². The normalized spacial score (nSPS) is 14.8. The zero-order valence-corrected chi connectivity index (χ0v) is 37.5. The monoisotopic (exact) mass is 892 g/mol. The number of hydrogen-bond acceptors (Lipinski definition) is 10. The summed E-state index contributed by atoms with van der Waals surface area (Å²) < 4.78 is 75.4. The summed E-state index contributed by atoms with van der Waals surface area (Å²) in [5, 5.41) is 0. The molecule has 0 bridgehead atoms. The fraction of sp³-hybridized carbons (Fsp3) is 0.396. The molecule has 0 aliphatic carbocycles. The Morgan fingerprint density at radius 1 is 0.538 bits per heavy atom. The summed E-state index contributed by atoms with van der Waals surface area (Å²) in [7, 11) is 0. The predicted octanol–water partition coefficient (Wildman–Crippen LogP) is 11.3. The van der Waals surface area contributed by atoms with E-state index in [1.807, 2.05) is 19.1 Å². The van der Waals surface area contributed by atoms with E-state index in [2.05, 4.69) is 13.8 Å². The molecule has 0 N–H and O–H groups in total. The maximum atomic E-state index is 15.3. The third kappa shape index (κ3) is 12.6. The van der Waals surface area contributed by atoms with E-state index in [4.69, 9.17) is 37.9 Å². The van der Waals surface area contributed by atoms with Crippen molar-refractivity contribution in [2.45, 2.75) is 59.3 Å². The molecule has 0 amide bonds. The summed E-state index contributed by atoms with van der Waals surface area (Å²) in [4.78, 5) is 25.8. The molecule has 5 aromatic rings. The Kier molecular flexibility index (Phi) is 16.4. The first-order valence-electron chi connectivity index (χ1n) is 22.5. The average molecular weight is 893 g/mol. The number of halogens is 2. The van der Waals surface area contributed by atoms with Crippen LogP contribution in [0.25, 0.3) is 22.3 Å². The third-order valence-corrected chi connectivity index (χ3v) is 12.2. The first kappa shape index (κ1) is 47.3. The van der Waals surface area contributed by atoms with Crippen molar-refractivity contribution in [2.75, 3.05) is 66.1 Å². The van der Waals surface area contributed by atoms with Gasteiger partial charge in [-0.15, -0.1) is 0 Å². The SMILES string of the molecule is CCC1(COCCCCOc2ccc(C(=O)Oc3ccc(-c4ccc(-c5ccc(OC(=O)c6ccc(OCCCCOCC7(CC)COC7)cc6)c(F)c5)c(C)c4)cc3F)cc2)COC1. The molecule has 344 valence electrons. The van der Waals surface area contributed by atoms with E-state index in [-0.39, 0.29) is 33.5 Å². The molecule has 10 nitrogen and oxygen atoms in total. The number of esters is 2. The molecule has 0 aromatic heterocycles. The minimum atomic E-state index is -0.697. The fourth-order valence-electron chi connectivity index (χ4n) is 7.50. The van der Waals surface area contributed by atoms with Gasteiger partial charge < -0.3 is 37.9 Å². The maximum absolute atomic E-state index is 15.3. The van der Waals surface area contributed by atoms with Gasteiger partial charge in [-0.3, -0.25) is 0 Å². The Bertz CT molecular complexity index is 2350. The first-order chi connectivity index (χ1) is 31.6. The molecule has 65 heavy (non-hydrogen) atoms. The van der Waals surface area contributed by atoms with Crippen LogP contribution in [0.3, 0.4) is 0 Å². The molecule has 5 aromatic carbocycles. The predicted molar refractivity (Wildman–Crippen MR) is 243 cm³/mol. The molecule has 0 saturated carbocycles. The lowest BCUT2D eigenvalue weighted by atomic mass is 9.84. The second kappa shape index (κ2) is 22.5. The third-order valence-electron chi connectivity index (χ3n) is 12.2. The van der Waals surface area contributed by atoms with Crippen LogP contribution in [0.5, 0.6) is 23.0 Å². The lowest BCUT2D eigenvalue weighted by molar-refractivity contribution is -0.150. The van der Waals surface area contributed by atoms with Crippen LogP contribution in [-0.4, -0.2) is 78.0 Å². The summed E-state index contributed by atoms with van der Waals surface area (Å²) >= 11 is 0. The van der Waals surface area contributed by atoms with Crippen LogP contribution in [0.15, 0.2) is 103 Å². The lowest BCUT2D eigenvalue weighted by Crippen LogP contribution is -2.45. The van der Waals surface area contributed by atoms with Gasteiger partial charge >= 0.3 is 11.9 Å². The van der Waals surface area contributed by atoms with Crippen molar-refractivity contribution in [2.24, 2.45) is 10.8 Å². The molecule has 0 unspecified atom stereocenters. The van der Waals surface area contributed by atoms with Gasteiger partial charge in [-0.25, -0.2) is 18.4 Å². The van der Waals surface area contributed by atoms with Gasteiger partial charge in [0.05, 0.1) is 64.0 Å². The van der Waals surface area contributed by atoms with Gasteiger partial charge in [0, 0.05) is 24.0 Å². The molecule has 2 aliphatic heterocycles. The van der Waals surface area contributed by atoms with Gasteiger partial charge in [-0.1, -0.05) is 44.2 Å². The number of ether oxygens (including phenoxy) is 8. The summed E-state index contributed by atoms with van der Waals surface area (Å²) in [6.07, 6.45) is 5.52. The quantitative estimate of drug-likeness (QED) is 0.0337. The Hall–Kier alpha value is -5.66. The van der Waals surface area contributed by atoms with Gasteiger partial charge in [-0.2, -0.15) is 0 Å². The van der Waals surface area contributed by atoms with Crippen LogP contribution in [0.4, 0.5) is 8.78 Å². The van der Waals surface area contributed by atoms with E-state index >= 15 is 8.78 Å². The van der Waals surface area contributed by atoms with Gasteiger partial charge in [0.2, 0.25) is 0 Å². The Labute approximate surface area is 380 Å². The molecule has 2 fully saturated rings. The van der Waals surface area contributed by atoms with E-state index in [1.54, 1.807) is 66.7 Å². The van der Waals surface area contributed by atoms with Crippen molar-refractivity contribution >= 4 is 11.9 Å². The van der Waals surface area contributed by atoms with Crippen LogP contribution in [0, 0.1) is 29.4 Å². The molecule has 2 heterocycles. The van der Waals surface area contributed by atoms with Crippen LogP contribution >= 0.6 is 0 Å². The second-order valence-electron chi connectivity index (χ2n) is 17.1. The maximum Gasteiger partial charge on any atom is 0.343 e. The van der Waals surface area contributed by atoms with Crippen molar-refractivity contribution in [3.8, 4) is 45.3 Å². The first-order valence-corrected chi connectivity index (χ1v) is 22.5. The highest BCUT2D eigenvalue weighted by Gasteiger charge is 2.37. The van der Waals surface area contributed by atoms with E-state index in [0.29, 0.717) is 54.6 Å². The summed E-state index contributed by atoms with van der Waals surface area (Å²) in [5.41, 5.74) is 4.29. The molecular weight excluding hydrogens is 835 g/mol. The Balaban J connectivity index is 0.841. The van der Waals surface area contributed by atoms with Crippen molar-refractivity contribution < 1.29 is 56.3 Å². The zero-order chi connectivity index (χ0) is 45.7. The van der Waals surface area contributed by atoms with Gasteiger partial charge in [0.25, 0.3) is 0 Å². The van der Waals surface area contributed by atoms with Crippen LogP contribution in [-0.2, 0) is 18.9 Å². The highest BCUT2D eigenvalue weighted by Crippen LogP contribution is 2.35. The van der Waals surface area contributed by atoms with Gasteiger partial charge in [0.1, 0.15) is 11.5 Å². The molecule has 2 saturated heterocycles. The minimum absolute atomic E-state index is 0.182. The number of unbranched alkanes of at least 4 members (excludes halogenated alkanes) is 2. The van der Waals surface area contributed by atoms with Crippen LogP contribution in [0.2, 0.25) is 0 Å². The van der Waals surface area contributed by atoms with Crippen LogP contribution < -0.4 is 18.9 Å². The number of aryl methyl sites for hydroxylation is 1. The molecule has 0 atom stereocenters. The highest BCUT2D eigenvalue weighted by atomic mass is 19.1. The van der Waals surface area contributed by atoms with Gasteiger partial charge in [-0.05, 0) is 146 Å². The Morgan fingerprint density at radius 3 is 1.37 bits per heavy atom. The second-order valence-corrected chi connectivity index (χ2v) is 17.1. The fourth-order valence-corrected chi connectivity index (χ4v) is 7.50. The number of hydrogen-bond donors (Lipinski definition) is 0. The number of rotatable bonds is 24. The Morgan fingerprint density at radius 2 is 0.954 bits per heavy atom. The smallest absolute Gasteiger partial charge is 0.343 e. The van der Waals surface area contributed by atoms with E-state index < -0.39 is 23.6 Å². The lowest BCUT2D eigenvalue weighted by Gasteiger charge is -2.40. The summed E-state index contributed by atoms with van der Waals surface area (Å²) in [5.74, 6) is -1.94. The van der Waals surface area contributed by atoms with E-state index in [9.17, 15) is 9.59 Å². The summed E-state index contributed by atoms with van der Waals surface area (Å²) in [6, 6.07) is 27.4. The van der Waals surface area contributed by atoms with Gasteiger partial charge in [0.15, 0.2) is 23.1 Å². The molecule has 2 aliphatic rings. The molecule has 7 rings (SSSR count). The molecule has 12 heteroatoms.